The molecule has 2 atom stereocenters. The molecule has 0 spiro atoms. The van der Waals surface area contributed by atoms with Crippen molar-refractivity contribution in [2.24, 2.45) is 5.92 Å². The first-order valence-corrected chi connectivity index (χ1v) is 13.9. The number of anilines is 1. The fourth-order valence-electron chi connectivity index (χ4n) is 5.27. The summed E-state index contributed by atoms with van der Waals surface area (Å²) in [6, 6.07) is 15.2. The first kappa shape index (κ1) is 25.4. The Bertz CT molecular complexity index is 1170. The van der Waals surface area contributed by atoms with Crippen LogP contribution in [-0.4, -0.2) is 49.7 Å². The molecule has 1 saturated heterocycles. The number of carbonyl (C=O) groups is 2. The molecule has 188 valence electrons. The van der Waals surface area contributed by atoms with Crippen LogP contribution in [0.25, 0.3) is 0 Å². The van der Waals surface area contributed by atoms with E-state index in [0.717, 1.165) is 24.1 Å². The summed E-state index contributed by atoms with van der Waals surface area (Å²) >= 11 is 0. The Kier molecular flexibility index (Phi) is 7.62. The van der Waals surface area contributed by atoms with Crippen molar-refractivity contribution in [3.05, 3.63) is 59.7 Å². The fourth-order valence-corrected chi connectivity index (χ4v) is 6.79. The minimum atomic E-state index is -3.66. The molecule has 2 aromatic carbocycles. The number of carbonyl (C=O) groups excluding carboxylic acids is 2. The number of sulfonamides is 1. The van der Waals surface area contributed by atoms with E-state index < -0.39 is 10.0 Å². The molecule has 0 radical (unpaired) electrons. The van der Waals surface area contributed by atoms with Crippen LogP contribution in [-0.2, 0) is 32.5 Å². The minimum Gasteiger partial charge on any atom is -0.353 e. The smallest absolute Gasteiger partial charge is 0.243 e. The molecule has 2 aromatic rings. The molecule has 2 aliphatic rings. The zero-order valence-corrected chi connectivity index (χ0v) is 21.6. The second-order valence-electron chi connectivity index (χ2n) is 9.71. The summed E-state index contributed by atoms with van der Waals surface area (Å²) in [7, 11) is -3.66. The second kappa shape index (κ2) is 10.5. The molecule has 1 fully saturated rings. The van der Waals surface area contributed by atoms with Gasteiger partial charge in [0, 0.05) is 43.7 Å². The largest absolute Gasteiger partial charge is 0.353 e. The molecular weight excluding hydrogens is 462 g/mol. The van der Waals surface area contributed by atoms with E-state index in [2.05, 4.69) is 24.4 Å². The first-order valence-electron chi connectivity index (χ1n) is 12.5. The monoisotopic (exact) mass is 497 g/mol. The Morgan fingerprint density at radius 2 is 1.77 bits per heavy atom. The predicted octanol–water partition coefficient (Wildman–Crippen LogP) is 3.52. The summed E-state index contributed by atoms with van der Waals surface area (Å²) in [5.74, 6) is -0.210. The van der Waals surface area contributed by atoms with Crippen LogP contribution in [0.2, 0.25) is 0 Å². The maximum atomic E-state index is 13.3. The Morgan fingerprint density at radius 1 is 1.09 bits per heavy atom. The van der Waals surface area contributed by atoms with Gasteiger partial charge in [-0.25, -0.2) is 8.42 Å². The van der Waals surface area contributed by atoms with Crippen LogP contribution < -0.4 is 10.2 Å². The van der Waals surface area contributed by atoms with Gasteiger partial charge in [-0.15, -0.1) is 0 Å². The van der Waals surface area contributed by atoms with Crippen molar-refractivity contribution < 1.29 is 18.0 Å². The Hall–Kier alpha value is -2.71. The average Bonchev–Trinajstić information content (AvgIpc) is 3.19. The van der Waals surface area contributed by atoms with Gasteiger partial charge in [0.1, 0.15) is 0 Å². The van der Waals surface area contributed by atoms with Gasteiger partial charge in [0.2, 0.25) is 21.8 Å². The molecule has 0 saturated carbocycles. The molecule has 0 bridgehead atoms. The maximum Gasteiger partial charge on any atom is 0.243 e. The number of nitrogens with zero attached hydrogens (tertiary/aromatic N) is 2. The lowest BCUT2D eigenvalue weighted by molar-refractivity contribution is -0.126. The summed E-state index contributed by atoms with van der Waals surface area (Å²) in [6.45, 7) is 6.21. The predicted molar refractivity (Wildman–Crippen MR) is 137 cm³/mol. The van der Waals surface area contributed by atoms with Gasteiger partial charge < -0.3 is 10.2 Å². The summed E-state index contributed by atoms with van der Waals surface area (Å²) in [6.07, 6.45) is 3.28. The summed E-state index contributed by atoms with van der Waals surface area (Å²) in [4.78, 5) is 26.9. The van der Waals surface area contributed by atoms with Gasteiger partial charge in [0.15, 0.2) is 0 Å². The maximum absolute atomic E-state index is 13.3. The van der Waals surface area contributed by atoms with E-state index in [1.807, 2.05) is 25.1 Å². The molecule has 1 N–H and O–H groups in total. The van der Waals surface area contributed by atoms with Crippen LogP contribution in [0.5, 0.6) is 0 Å². The Labute approximate surface area is 208 Å². The highest BCUT2D eigenvalue weighted by Gasteiger charge is 2.35. The molecule has 35 heavy (non-hydrogen) atoms. The standard InChI is InChI=1S/C27H35N3O4S/c1-4-24(17-21-8-6-5-7-9-21)28-27(32)22-12-14-29(15-13-22)35(33,34)25-10-11-26-23(18-25)16-19(2)30(26)20(3)31/h5-11,18-19,22,24H,4,12-17H2,1-3H3,(H,28,32). The third kappa shape index (κ3) is 5.43. The van der Waals surface area contributed by atoms with Crippen LogP contribution in [0.15, 0.2) is 53.4 Å². The molecule has 2 aliphatic heterocycles. The molecule has 8 heteroatoms. The van der Waals surface area contributed by atoms with Gasteiger partial charge in [-0.3, -0.25) is 9.59 Å². The van der Waals surface area contributed by atoms with Crippen LogP contribution in [0.1, 0.15) is 51.2 Å². The van der Waals surface area contributed by atoms with Crippen molar-refractivity contribution in [3.8, 4) is 0 Å². The Balaban J connectivity index is 1.37. The topological polar surface area (TPSA) is 86.8 Å². The van der Waals surface area contributed by atoms with Crippen molar-refractivity contribution in [3.63, 3.8) is 0 Å². The summed E-state index contributed by atoms with van der Waals surface area (Å²) in [5, 5.41) is 3.18. The van der Waals surface area contributed by atoms with Crippen LogP contribution in [0.3, 0.4) is 0 Å². The average molecular weight is 498 g/mol. The highest BCUT2D eigenvalue weighted by atomic mass is 32.2. The van der Waals surface area contributed by atoms with Crippen molar-refractivity contribution in [1.82, 2.24) is 9.62 Å². The van der Waals surface area contributed by atoms with Crippen LogP contribution >= 0.6 is 0 Å². The number of hydrogen-bond donors (Lipinski definition) is 1. The molecule has 0 aliphatic carbocycles. The third-order valence-electron chi connectivity index (χ3n) is 7.23. The molecule has 0 aromatic heterocycles. The second-order valence-corrected chi connectivity index (χ2v) is 11.7. The van der Waals surface area contributed by atoms with Gasteiger partial charge in [0.05, 0.1) is 4.90 Å². The number of rotatable bonds is 7. The highest BCUT2D eigenvalue weighted by Crippen LogP contribution is 2.35. The highest BCUT2D eigenvalue weighted by molar-refractivity contribution is 7.89. The van der Waals surface area contributed by atoms with Gasteiger partial charge in [-0.2, -0.15) is 4.31 Å². The zero-order chi connectivity index (χ0) is 25.2. The zero-order valence-electron chi connectivity index (χ0n) is 20.7. The van der Waals surface area contributed by atoms with E-state index in [0.29, 0.717) is 32.4 Å². The van der Waals surface area contributed by atoms with E-state index in [4.69, 9.17) is 0 Å². The number of nitrogens with one attached hydrogen (secondary N) is 1. The quantitative estimate of drug-likeness (QED) is 0.634. The third-order valence-corrected chi connectivity index (χ3v) is 9.13. The van der Waals surface area contributed by atoms with E-state index in [1.54, 1.807) is 23.1 Å². The number of benzene rings is 2. The van der Waals surface area contributed by atoms with Crippen molar-refractivity contribution in [1.29, 1.82) is 0 Å². The molecule has 7 nitrogen and oxygen atoms in total. The lowest BCUT2D eigenvalue weighted by Crippen LogP contribution is -2.45. The van der Waals surface area contributed by atoms with E-state index in [-0.39, 0.29) is 34.7 Å². The normalized spacial score (nSPS) is 19.9. The number of hydrogen-bond acceptors (Lipinski definition) is 4. The lowest BCUT2D eigenvalue weighted by Gasteiger charge is -2.31. The molecule has 2 unspecified atom stereocenters. The van der Waals surface area contributed by atoms with Crippen molar-refractivity contribution >= 4 is 27.5 Å². The van der Waals surface area contributed by atoms with Gasteiger partial charge >= 0.3 is 0 Å². The minimum absolute atomic E-state index is 0.0145. The van der Waals surface area contributed by atoms with E-state index in [9.17, 15) is 18.0 Å². The molecule has 4 rings (SSSR count). The van der Waals surface area contributed by atoms with Crippen LogP contribution in [0, 0.1) is 5.92 Å². The molecular formula is C27H35N3O4S. The van der Waals surface area contributed by atoms with Crippen molar-refractivity contribution in [2.45, 2.75) is 69.9 Å². The number of fused-ring (bicyclic) bond motifs is 1. The van der Waals surface area contributed by atoms with E-state index in [1.165, 1.54) is 16.8 Å². The van der Waals surface area contributed by atoms with Crippen LogP contribution in [0.4, 0.5) is 5.69 Å². The van der Waals surface area contributed by atoms with E-state index >= 15 is 0 Å². The molecule has 2 heterocycles. The van der Waals surface area contributed by atoms with Crippen molar-refractivity contribution in [2.75, 3.05) is 18.0 Å². The summed E-state index contributed by atoms with van der Waals surface area (Å²) < 4.78 is 28.2. The summed E-state index contributed by atoms with van der Waals surface area (Å²) in [5.41, 5.74) is 2.86. The fraction of sp³-hybridized carbons (Fsp3) is 0.481. The number of piperidine rings is 1. The number of amides is 2. The first-order chi connectivity index (χ1) is 16.7. The molecule has 2 amide bonds. The van der Waals surface area contributed by atoms with Gasteiger partial charge in [-0.05, 0) is 68.4 Å². The Morgan fingerprint density at radius 3 is 2.40 bits per heavy atom. The van der Waals surface area contributed by atoms with Gasteiger partial charge in [0.25, 0.3) is 0 Å². The SMILES string of the molecule is CCC(Cc1ccccc1)NC(=O)C1CCN(S(=O)(=O)c2ccc3c(c2)CC(C)N3C(C)=O)CC1. The van der Waals surface area contributed by atoms with Gasteiger partial charge in [-0.1, -0.05) is 37.3 Å². The lowest BCUT2D eigenvalue weighted by atomic mass is 9.96.